The Hall–Kier alpha value is -8.61. The molecule has 4 aromatic heterocycles. The van der Waals surface area contributed by atoms with Crippen LogP contribution in [0.15, 0.2) is 217 Å². The second-order valence-electron chi connectivity index (χ2n) is 16.0. The maximum Gasteiger partial charge on any atom is 0.164 e. The molecule has 4 heterocycles. The Morgan fingerprint density at radius 2 is 0.778 bits per heavy atom. The van der Waals surface area contributed by atoms with Crippen molar-refractivity contribution in [2.24, 2.45) is 0 Å². The first-order chi connectivity index (χ1) is 31.2. The first-order valence-corrected chi connectivity index (χ1v) is 21.2. The van der Waals surface area contributed by atoms with Crippen molar-refractivity contribution in [3.05, 3.63) is 212 Å². The van der Waals surface area contributed by atoms with Crippen molar-refractivity contribution in [3.63, 3.8) is 0 Å². The number of nitrogens with zero attached hydrogens (tertiary/aromatic N) is 5. The van der Waals surface area contributed by atoms with E-state index in [2.05, 4.69) is 185 Å². The van der Waals surface area contributed by atoms with Gasteiger partial charge in [-0.15, -0.1) is 0 Å². The average Bonchev–Trinajstić information content (AvgIpc) is 4.03. The minimum atomic E-state index is 0.606. The fourth-order valence-electron chi connectivity index (χ4n) is 9.47. The zero-order valence-electron chi connectivity index (χ0n) is 33.9. The fourth-order valence-corrected chi connectivity index (χ4v) is 9.47. The van der Waals surface area contributed by atoms with Crippen molar-refractivity contribution in [2.45, 2.75) is 0 Å². The highest BCUT2D eigenvalue weighted by molar-refractivity contribution is 6.23. The number of furan rings is 1. The van der Waals surface area contributed by atoms with Crippen LogP contribution in [0.4, 0.5) is 0 Å². The summed E-state index contributed by atoms with van der Waals surface area (Å²) in [7, 11) is 0. The molecule has 0 atom stereocenters. The smallest absolute Gasteiger partial charge is 0.164 e. The third-order valence-electron chi connectivity index (χ3n) is 12.4. The van der Waals surface area contributed by atoms with E-state index in [0.717, 1.165) is 94.0 Å². The van der Waals surface area contributed by atoms with Gasteiger partial charge in [-0.05, 0) is 65.7 Å². The Kier molecular flexibility index (Phi) is 7.80. The minimum Gasteiger partial charge on any atom is -0.452 e. The van der Waals surface area contributed by atoms with Gasteiger partial charge >= 0.3 is 0 Å². The molecule has 13 rings (SSSR count). The lowest BCUT2D eigenvalue weighted by molar-refractivity contribution is 0.668. The van der Waals surface area contributed by atoms with Crippen LogP contribution in [0.5, 0.6) is 0 Å². The Bertz CT molecular complexity index is 3830. The van der Waals surface area contributed by atoms with E-state index >= 15 is 0 Å². The number of rotatable bonds is 6. The van der Waals surface area contributed by atoms with Crippen LogP contribution >= 0.6 is 0 Å². The molecule has 0 saturated heterocycles. The molecule has 9 aromatic carbocycles. The van der Waals surface area contributed by atoms with Gasteiger partial charge in [0.05, 0.1) is 27.8 Å². The lowest BCUT2D eigenvalue weighted by atomic mass is 10.0. The van der Waals surface area contributed by atoms with E-state index in [1.807, 2.05) is 36.4 Å². The van der Waals surface area contributed by atoms with Crippen molar-refractivity contribution in [2.75, 3.05) is 0 Å². The van der Waals surface area contributed by atoms with Crippen molar-refractivity contribution >= 4 is 65.6 Å². The van der Waals surface area contributed by atoms with Gasteiger partial charge in [-0.3, -0.25) is 0 Å². The molecule has 294 valence electrons. The zero-order chi connectivity index (χ0) is 41.4. The molecule has 0 aliphatic rings. The molecule has 0 amide bonds. The van der Waals surface area contributed by atoms with Crippen molar-refractivity contribution in [1.29, 1.82) is 0 Å². The summed E-state index contributed by atoms with van der Waals surface area (Å²) >= 11 is 0. The molecule has 0 unspecified atom stereocenters. The van der Waals surface area contributed by atoms with Crippen molar-refractivity contribution in [3.8, 4) is 56.7 Å². The topological polar surface area (TPSA) is 61.7 Å². The highest BCUT2D eigenvalue weighted by atomic mass is 16.3. The number of hydrogen-bond donors (Lipinski definition) is 0. The Morgan fingerprint density at radius 1 is 0.302 bits per heavy atom. The van der Waals surface area contributed by atoms with Crippen LogP contribution < -0.4 is 0 Å². The van der Waals surface area contributed by atoms with Crippen LogP contribution in [-0.2, 0) is 0 Å². The van der Waals surface area contributed by atoms with E-state index in [1.165, 1.54) is 10.8 Å². The number of aromatic nitrogens is 5. The molecule has 0 radical (unpaired) electrons. The van der Waals surface area contributed by atoms with Gasteiger partial charge < -0.3 is 13.6 Å². The molecule has 0 N–H and O–H groups in total. The van der Waals surface area contributed by atoms with Gasteiger partial charge in [0.15, 0.2) is 28.6 Å². The highest BCUT2D eigenvalue weighted by Gasteiger charge is 2.23. The summed E-state index contributed by atoms with van der Waals surface area (Å²) in [6.07, 6.45) is 0. The van der Waals surface area contributed by atoms with Crippen LogP contribution in [0.2, 0.25) is 0 Å². The molecular formula is C57H35N5O. The van der Waals surface area contributed by atoms with Gasteiger partial charge in [-0.1, -0.05) is 158 Å². The lowest BCUT2D eigenvalue weighted by Gasteiger charge is -2.10. The maximum absolute atomic E-state index is 7.22. The third kappa shape index (κ3) is 5.55. The predicted octanol–water partition coefficient (Wildman–Crippen LogP) is 14.6. The summed E-state index contributed by atoms with van der Waals surface area (Å²) in [5.41, 5.74) is 13.1. The van der Waals surface area contributed by atoms with Crippen LogP contribution in [0.3, 0.4) is 0 Å². The molecule has 0 spiro atoms. The molecule has 63 heavy (non-hydrogen) atoms. The molecule has 6 nitrogen and oxygen atoms in total. The standard InChI is InChI=1S/C57H35N5O/c1-4-15-36(16-5-1)37-27-29-39(30-28-37)56-58-55(38-17-6-2-7-18-38)59-57(60-56)40-31-34-50-47(35-40)44-32-33-46-45-23-14-26-51(53(45)63-54(46)52(44)61(50)41-19-8-3-9-20-41)62-48-24-12-10-21-42(48)43-22-11-13-25-49(43)62/h1-35H. The molecule has 0 aliphatic carbocycles. The summed E-state index contributed by atoms with van der Waals surface area (Å²) in [5.74, 6) is 1.85. The number of para-hydroxylation sites is 4. The van der Waals surface area contributed by atoms with E-state index in [0.29, 0.717) is 17.5 Å². The minimum absolute atomic E-state index is 0.606. The monoisotopic (exact) mass is 805 g/mol. The number of hydrogen-bond acceptors (Lipinski definition) is 4. The normalized spacial score (nSPS) is 11.8. The van der Waals surface area contributed by atoms with Crippen LogP contribution in [0.1, 0.15) is 0 Å². The van der Waals surface area contributed by atoms with Gasteiger partial charge in [0.2, 0.25) is 0 Å². The first kappa shape index (κ1) is 35.2. The second-order valence-corrected chi connectivity index (χ2v) is 16.0. The highest BCUT2D eigenvalue weighted by Crippen LogP contribution is 2.44. The summed E-state index contributed by atoms with van der Waals surface area (Å²) in [6, 6.07) is 74.3. The predicted molar refractivity (Wildman–Crippen MR) is 258 cm³/mol. The van der Waals surface area contributed by atoms with Crippen LogP contribution in [-0.4, -0.2) is 24.1 Å². The summed E-state index contributed by atoms with van der Waals surface area (Å²) < 4.78 is 11.9. The van der Waals surface area contributed by atoms with Gasteiger partial charge in [-0.25, -0.2) is 15.0 Å². The largest absolute Gasteiger partial charge is 0.452 e. The summed E-state index contributed by atoms with van der Waals surface area (Å²) in [4.78, 5) is 15.3. The molecule has 0 fully saturated rings. The van der Waals surface area contributed by atoms with Gasteiger partial charge in [0.1, 0.15) is 0 Å². The molecule has 13 aromatic rings. The molecule has 0 saturated carbocycles. The molecule has 6 heteroatoms. The van der Waals surface area contributed by atoms with Crippen LogP contribution in [0.25, 0.3) is 122 Å². The quantitative estimate of drug-likeness (QED) is 0.168. The second kappa shape index (κ2) is 14.0. The van der Waals surface area contributed by atoms with E-state index in [-0.39, 0.29) is 0 Å². The van der Waals surface area contributed by atoms with Crippen LogP contribution in [0, 0.1) is 0 Å². The van der Waals surface area contributed by atoms with Gasteiger partial charge in [0, 0.05) is 54.7 Å². The lowest BCUT2D eigenvalue weighted by Crippen LogP contribution is -2.00. The molecule has 0 aliphatic heterocycles. The maximum atomic E-state index is 7.22. The van der Waals surface area contributed by atoms with E-state index < -0.39 is 0 Å². The van der Waals surface area contributed by atoms with Gasteiger partial charge in [0.25, 0.3) is 0 Å². The summed E-state index contributed by atoms with van der Waals surface area (Å²) in [6.45, 7) is 0. The fraction of sp³-hybridized carbons (Fsp3) is 0. The first-order valence-electron chi connectivity index (χ1n) is 21.2. The van der Waals surface area contributed by atoms with E-state index in [1.54, 1.807) is 0 Å². The SMILES string of the molecule is c1ccc(-c2ccc(-c3nc(-c4ccccc4)nc(-c4ccc5c(c4)c4ccc6c7cccc(-n8c9ccccc9c9ccccc98)c7oc6c4n5-c4ccccc4)n3)cc2)cc1. The van der Waals surface area contributed by atoms with E-state index in [4.69, 9.17) is 19.4 Å². The number of benzene rings is 9. The molecular weight excluding hydrogens is 771 g/mol. The third-order valence-corrected chi connectivity index (χ3v) is 12.4. The zero-order valence-corrected chi connectivity index (χ0v) is 33.9. The summed E-state index contributed by atoms with van der Waals surface area (Å²) in [5, 5.41) is 6.71. The Labute approximate surface area is 361 Å². The Balaban J connectivity index is 1.03. The Morgan fingerprint density at radius 3 is 1.46 bits per heavy atom. The van der Waals surface area contributed by atoms with Crippen molar-refractivity contribution < 1.29 is 4.42 Å². The average molecular weight is 806 g/mol. The van der Waals surface area contributed by atoms with E-state index in [9.17, 15) is 0 Å². The van der Waals surface area contributed by atoms with Crippen molar-refractivity contribution in [1.82, 2.24) is 24.1 Å². The number of fused-ring (bicyclic) bond motifs is 10. The van der Waals surface area contributed by atoms with Gasteiger partial charge in [-0.2, -0.15) is 0 Å². The molecule has 0 bridgehead atoms.